The summed E-state index contributed by atoms with van der Waals surface area (Å²) < 4.78 is 1.16. The Morgan fingerprint density at radius 1 is 1.00 bits per heavy atom. The van der Waals surface area contributed by atoms with Crippen LogP contribution in [0.4, 0.5) is 0 Å². The van der Waals surface area contributed by atoms with Crippen molar-refractivity contribution in [2.75, 3.05) is 6.54 Å². The molecule has 0 spiro atoms. The van der Waals surface area contributed by atoms with E-state index < -0.39 is 0 Å². The molecule has 0 fully saturated rings. The first-order valence-electron chi connectivity index (χ1n) is 7.95. The number of rotatable bonds is 9. The minimum Gasteiger partial charge on any atom is -0.314 e. The molecule has 0 aliphatic carbocycles. The molecule has 1 aromatic carbocycles. The highest BCUT2D eigenvalue weighted by Gasteiger charge is 2.11. The lowest BCUT2D eigenvalue weighted by atomic mass is 9.92. The zero-order chi connectivity index (χ0) is 15.0. The van der Waals surface area contributed by atoms with Gasteiger partial charge in [-0.25, -0.2) is 0 Å². The van der Waals surface area contributed by atoms with Gasteiger partial charge in [-0.05, 0) is 48.9 Å². The largest absolute Gasteiger partial charge is 0.314 e. The van der Waals surface area contributed by atoms with Crippen molar-refractivity contribution >= 4 is 15.9 Å². The van der Waals surface area contributed by atoms with Gasteiger partial charge in [-0.2, -0.15) is 0 Å². The summed E-state index contributed by atoms with van der Waals surface area (Å²) in [5.74, 6) is 1.57. The Labute approximate surface area is 133 Å². The lowest BCUT2D eigenvalue weighted by Crippen LogP contribution is -2.30. The maximum Gasteiger partial charge on any atom is 0.0175 e. The Hall–Kier alpha value is -0.340. The Morgan fingerprint density at radius 2 is 1.65 bits per heavy atom. The predicted octanol–water partition coefficient (Wildman–Crippen LogP) is 5.43. The first-order chi connectivity index (χ1) is 9.47. The second-order valence-corrected chi connectivity index (χ2v) is 7.50. The van der Waals surface area contributed by atoms with E-state index in [9.17, 15) is 0 Å². The molecule has 20 heavy (non-hydrogen) atoms. The van der Waals surface area contributed by atoms with Crippen LogP contribution in [0.3, 0.4) is 0 Å². The van der Waals surface area contributed by atoms with Crippen LogP contribution < -0.4 is 5.32 Å². The van der Waals surface area contributed by atoms with Crippen LogP contribution in [0.2, 0.25) is 0 Å². The Morgan fingerprint density at radius 3 is 2.20 bits per heavy atom. The minimum absolute atomic E-state index is 0.576. The van der Waals surface area contributed by atoms with Crippen molar-refractivity contribution in [1.29, 1.82) is 0 Å². The molecular weight excluding hydrogens is 310 g/mol. The summed E-state index contributed by atoms with van der Waals surface area (Å²) in [4.78, 5) is 0. The highest BCUT2D eigenvalue weighted by Crippen LogP contribution is 2.19. The number of hydrogen-bond acceptors (Lipinski definition) is 1. The molecule has 0 bridgehead atoms. The standard InChI is InChI=1S/C18H30BrN/c1-14(2)6-5-7-17(13-20-15(3)4)12-16-8-10-18(19)11-9-16/h8-11,14-15,17,20H,5-7,12-13H2,1-4H3. The van der Waals surface area contributed by atoms with E-state index >= 15 is 0 Å². The molecule has 1 unspecified atom stereocenters. The molecule has 2 heteroatoms. The van der Waals surface area contributed by atoms with Crippen molar-refractivity contribution in [3.05, 3.63) is 34.3 Å². The fourth-order valence-electron chi connectivity index (χ4n) is 2.45. The second-order valence-electron chi connectivity index (χ2n) is 6.58. The number of halogens is 1. The third kappa shape index (κ3) is 8.06. The van der Waals surface area contributed by atoms with Gasteiger partial charge in [-0.15, -0.1) is 0 Å². The lowest BCUT2D eigenvalue weighted by Gasteiger charge is -2.20. The first kappa shape index (κ1) is 17.7. The van der Waals surface area contributed by atoms with Gasteiger partial charge in [-0.3, -0.25) is 0 Å². The minimum atomic E-state index is 0.576. The Kier molecular flexibility index (Phi) is 8.47. The van der Waals surface area contributed by atoms with Crippen LogP contribution in [0.25, 0.3) is 0 Å². The van der Waals surface area contributed by atoms with Gasteiger partial charge in [0, 0.05) is 10.5 Å². The summed E-state index contributed by atoms with van der Waals surface area (Å²) in [6.45, 7) is 10.2. The van der Waals surface area contributed by atoms with Gasteiger partial charge in [0.25, 0.3) is 0 Å². The quantitative estimate of drug-likeness (QED) is 0.632. The summed E-state index contributed by atoms with van der Waals surface area (Å²) >= 11 is 3.51. The normalized spacial score (nSPS) is 13.2. The third-order valence-electron chi connectivity index (χ3n) is 3.65. The highest BCUT2D eigenvalue weighted by atomic mass is 79.9. The van der Waals surface area contributed by atoms with Crippen molar-refractivity contribution in [3.63, 3.8) is 0 Å². The van der Waals surface area contributed by atoms with E-state index in [-0.39, 0.29) is 0 Å². The van der Waals surface area contributed by atoms with Gasteiger partial charge in [0.15, 0.2) is 0 Å². The second kappa shape index (κ2) is 9.57. The van der Waals surface area contributed by atoms with Crippen molar-refractivity contribution < 1.29 is 0 Å². The van der Waals surface area contributed by atoms with Gasteiger partial charge in [-0.1, -0.05) is 68.6 Å². The van der Waals surface area contributed by atoms with Crippen LogP contribution in [-0.4, -0.2) is 12.6 Å². The predicted molar refractivity (Wildman–Crippen MR) is 93.2 cm³/mol. The number of hydrogen-bond donors (Lipinski definition) is 1. The Bertz CT molecular complexity index is 356. The molecule has 0 heterocycles. The monoisotopic (exact) mass is 339 g/mol. The van der Waals surface area contributed by atoms with Gasteiger partial charge in [0.05, 0.1) is 0 Å². The maximum absolute atomic E-state index is 3.61. The van der Waals surface area contributed by atoms with Gasteiger partial charge in [0.2, 0.25) is 0 Å². The van der Waals surface area contributed by atoms with Crippen LogP contribution in [0, 0.1) is 11.8 Å². The number of benzene rings is 1. The number of nitrogens with one attached hydrogen (secondary N) is 1. The molecule has 0 amide bonds. The summed E-state index contributed by atoms with van der Waals surface area (Å²) in [5, 5.41) is 3.61. The van der Waals surface area contributed by atoms with Gasteiger partial charge in [0.1, 0.15) is 0 Å². The van der Waals surface area contributed by atoms with E-state index in [0.29, 0.717) is 6.04 Å². The molecule has 0 saturated heterocycles. The van der Waals surface area contributed by atoms with Crippen molar-refractivity contribution in [2.45, 2.75) is 59.4 Å². The lowest BCUT2D eigenvalue weighted by molar-refractivity contribution is 0.393. The molecule has 1 nitrogen and oxygen atoms in total. The van der Waals surface area contributed by atoms with Crippen molar-refractivity contribution in [2.24, 2.45) is 11.8 Å². The molecule has 0 aromatic heterocycles. The van der Waals surface area contributed by atoms with E-state index in [4.69, 9.17) is 0 Å². The molecule has 1 aromatic rings. The van der Waals surface area contributed by atoms with Crippen LogP contribution in [0.15, 0.2) is 28.7 Å². The van der Waals surface area contributed by atoms with Crippen molar-refractivity contribution in [3.8, 4) is 0 Å². The van der Waals surface area contributed by atoms with E-state index in [1.807, 2.05) is 0 Å². The van der Waals surface area contributed by atoms with Crippen LogP contribution in [-0.2, 0) is 6.42 Å². The molecule has 0 saturated carbocycles. The molecule has 1 rings (SSSR count). The summed E-state index contributed by atoms with van der Waals surface area (Å²) in [6.07, 6.45) is 5.20. The van der Waals surface area contributed by atoms with Crippen LogP contribution in [0.1, 0.15) is 52.5 Å². The molecule has 0 radical (unpaired) electrons. The van der Waals surface area contributed by atoms with Crippen LogP contribution in [0.5, 0.6) is 0 Å². The zero-order valence-corrected chi connectivity index (χ0v) is 15.0. The van der Waals surface area contributed by atoms with E-state index in [0.717, 1.165) is 22.9 Å². The zero-order valence-electron chi connectivity index (χ0n) is 13.5. The maximum atomic E-state index is 3.61. The fraction of sp³-hybridized carbons (Fsp3) is 0.667. The van der Waals surface area contributed by atoms with Crippen LogP contribution >= 0.6 is 15.9 Å². The summed E-state index contributed by atoms with van der Waals surface area (Å²) in [5.41, 5.74) is 1.45. The SMILES string of the molecule is CC(C)CCCC(CNC(C)C)Cc1ccc(Br)cc1. The average molecular weight is 340 g/mol. The van der Waals surface area contributed by atoms with Gasteiger partial charge >= 0.3 is 0 Å². The molecule has 114 valence electrons. The average Bonchev–Trinajstić information content (AvgIpc) is 2.37. The molecular formula is C18H30BrN. The van der Waals surface area contributed by atoms with E-state index in [1.165, 1.54) is 31.2 Å². The highest BCUT2D eigenvalue weighted by molar-refractivity contribution is 9.10. The van der Waals surface area contributed by atoms with E-state index in [2.05, 4.69) is 73.2 Å². The van der Waals surface area contributed by atoms with Crippen molar-refractivity contribution in [1.82, 2.24) is 5.32 Å². The fourth-order valence-corrected chi connectivity index (χ4v) is 2.71. The first-order valence-corrected chi connectivity index (χ1v) is 8.74. The van der Waals surface area contributed by atoms with Gasteiger partial charge < -0.3 is 5.32 Å². The summed E-state index contributed by atoms with van der Waals surface area (Å²) in [6, 6.07) is 9.36. The molecule has 0 aliphatic rings. The molecule has 1 atom stereocenters. The topological polar surface area (TPSA) is 12.0 Å². The smallest absolute Gasteiger partial charge is 0.0175 e. The van der Waals surface area contributed by atoms with E-state index in [1.54, 1.807) is 0 Å². The molecule has 0 aliphatic heterocycles. The third-order valence-corrected chi connectivity index (χ3v) is 4.17. The summed E-state index contributed by atoms with van der Waals surface area (Å²) in [7, 11) is 0. The Balaban J connectivity index is 2.49. The molecule has 1 N–H and O–H groups in total.